The lowest BCUT2D eigenvalue weighted by Crippen LogP contribution is -2.33. The van der Waals surface area contributed by atoms with Crippen LogP contribution in [0.3, 0.4) is 0 Å². The Morgan fingerprint density at radius 3 is 2.76 bits per heavy atom. The van der Waals surface area contributed by atoms with Crippen molar-refractivity contribution in [2.75, 3.05) is 0 Å². The third-order valence-corrected chi connectivity index (χ3v) is 4.20. The summed E-state index contributed by atoms with van der Waals surface area (Å²) < 4.78 is 7.22. The molecule has 0 aliphatic heterocycles. The summed E-state index contributed by atoms with van der Waals surface area (Å²) in [6.07, 6.45) is 4.26. The molecular formula is C16H21N3O2. The van der Waals surface area contributed by atoms with Gasteiger partial charge >= 0.3 is 0 Å². The van der Waals surface area contributed by atoms with E-state index in [1.54, 1.807) is 6.26 Å². The highest BCUT2D eigenvalue weighted by atomic mass is 16.3. The van der Waals surface area contributed by atoms with Gasteiger partial charge in [-0.05, 0) is 38.8 Å². The van der Waals surface area contributed by atoms with E-state index in [-0.39, 0.29) is 5.91 Å². The van der Waals surface area contributed by atoms with Crippen LogP contribution in [0.15, 0.2) is 22.8 Å². The second-order valence-electron chi connectivity index (χ2n) is 5.78. The van der Waals surface area contributed by atoms with Crippen molar-refractivity contribution in [2.45, 2.75) is 45.7 Å². The molecule has 0 unspecified atom stereocenters. The Hall–Kier alpha value is -2.04. The molecule has 0 N–H and O–H groups in total. The average Bonchev–Trinajstić information content (AvgIpc) is 3.11. The molecule has 5 heteroatoms. The standard InChI is InChI=1S/C16H21N3O2/c1-11-15(12(2)18(3)17-11)9-16(20)19(13-6-7-13)10-14-5-4-8-21-14/h4-5,8,13H,6-7,9-10H2,1-3H3. The molecule has 0 aromatic carbocycles. The van der Waals surface area contributed by atoms with Gasteiger partial charge in [0.1, 0.15) is 5.76 Å². The molecule has 1 amide bonds. The maximum absolute atomic E-state index is 12.7. The highest BCUT2D eigenvalue weighted by molar-refractivity contribution is 5.80. The summed E-state index contributed by atoms with van der Waals surface area (Å²) in [5.74, 6) is 1.00. The van der Waals surface area contributed by atoms with Crippen LogP contribution in [0.5, 0.6) is 0 Å². The molecule has 3 rings (SSSR count). The lowest BCUT2D eigenvalue weighted by Gasteiger charge is -2.21. The lowest BCUT2D eigenvalue weighted by atomic mass is 10.1. The zero-order chi connectivity index (χ0) is 15.0. The molecule has 0 radical (unpaired) electrons. The summed E-state index contributed by atoms with van der Waals surface area (Å²) in [5, 5.41) is 4.39. The molecule has 1 aliphatic rings. The minimum atomic E-state index is 0.160. The van der Waals surface area contributed by atoms with Crippen LogP contribution in [-0.2, 0) is 24.8 Å². The smallest absolute Gasteiger partial charge is 0.227 e. The van der Waals surface area contributed by atoms with Gasteiger partial charge in [-0.25, -0.2) is 0 Å². The normalized spacial score (nSPS) is 14.4. The molecule has 2 heterocycles. The Labute approximate surface area is 124 Å². The molecular weight excluding hydrogens is 266 g/mol. The molecule has 1 aliphatic carbocycles. The number of aromatic nitrogens is 2. The van der Waals surface area contributed by atoms with Crippen molar-refractivity contribution in [3.8, 4) is 0 Å². The fourth-order valence-corrected chi connectivity index (χ4v) is 2.70. The van der Waals surface area contributed by atoms with E-state index in [0.29, 0.717) is 19.0 Å². The molecule has 21 heavy (non-hydrogen) atoms. The molecule has 1 saturated carbocycles. The topological polar surface area (TPSA) is 51.3 Å². The zero-order valence-electron chi connectivity index (χ0n) is 12.8. The lowest BCUT2D eigenvalue weighted by molar-refractivity contribution is -0.132. The quantitative estimate of drug-likeness (QED) is 0.848. The van der Waals surface area contributed by atoms with Gasteiger partial charge in [-0.3, -0.25) is 9.48 Å². The number of nitrogens with zero attached hydrogens (tertiary/aromatic N) is 3. The Bertz CT molecular complexity index is 639. The monoisotopic (exact) mass is 287 g/mol. The Kier molecular flexibility index (Phi) is 3.57. The van der Waals surface area contributed by atoms with Gasteiger partial charge < -0.3 is 9.32 Å². The number of rotatable bonds is 5. The number of amides is 1. The Balaban J connectivity index is 1.75. The van der Waals surface area contributed by atoms with Crippen molar-refractivity contribution < 1.29 is 9.21 Å². The van der Waals surface area contributed by atoms with Crippen molar-refractivity contribution >= 4 is 5.91 Å². The molecule has 0 saturated heterocycles. The summed E-state index contributed by atoms with van der Waals surface area (Å²) in [6, 6.07) is 4.16. The van der Waals surface area contributed by atoms with E-state index in [9.17, 15) is 4.79 Å². The maximum atomic E-state index is 12.7. The number of aryl methyl sites for hydroxylation is 2. The maximum Gasteiger partial charge on any atom is 0.227 e. The molecule has 2 aromatic rings. The van der Waals surface area contributed by atoms with E-state index < -0.39 is 0 Å². The van der Waals surface area contributed by atoms with Gasteiger partial charge in [0, 0.05) is 24.3 Å². The Morgan fingerprint density at radius 2 is 2.24 bits per heavy atom. The van der Waals surface area contributed by atoms with Crippen LogP contribution in [0.25, 0.3) is 0 Å². The van der Waals surface area contributed by atoms with Gasteiger partial charge in [0.15, 0.2) is 0 Å². The molecule has 2 aromatic heterocycles. The van der Waals surface area contributed by atoms with Gasteiger partial charge in [0.05, 0.1) is 24.9 Å². The SMILES string of the molecule is Cc1nn(C)c(C)c1CC(=O)N(Cc1ccco1)C1CC1. The average molecular weight is 287 g/mol. The highest BCUT2D eigenvalue weighted by Gasteiger charge is 2.33. The second-order valence-corrected chi connectivity index (χ2v) is 5.78. The van der Waals surface area contributed by atoms with Crippen LogP contribution in [0.1, 0.15) is 35.6 Å². The van der Waals surface area contributed by atoms with Crippen LogP contribution in [0.4, 0.5) is 0 Å². The number of hydrogen-bond donors (Lipinski definition) is 0. The first kappa shape index (κ1) is 13.9. The van der Waals surface area contributed by atoms with Gasteiger partial charge in [0.25, 0.3) is 0 Å². The van der Waals surface area contributed by atoms with E-state index >= 15 is 0 Å². The fourth-order valence-electron chi connectivity index (χ4n) is 2.70. The minimum absolute atomic E-state index is 0.160. The molecule has 0 spiro atoms. The predicted molar refractivity (Wildman–Crippen MR) is 78.7 cm³/mol. The first-order valence-electron chi connectivity index (χ1n) is 7.37. The summed E-state index contributed by atoms with van der Waals surface area (Å²) in [7, 11) is 1.91. The van der Waals surface area contributed by atoms with E-state index in [1.165, 1.54) is 0 Å². The summed E-state index contributed by atoms with van der Waals surface area (Å²) >= 11 is 0. The molecule has 5 nitrogen and oxygen atoms in total. The first-order chi connectivity index (χ1) is 10.1. The van der Waals surface area contributed by atoms with Gasteiger partial charge in [0.2, 0.25) is 5.91 Å². The van der Waals surface area contributed by atoms with Gasteiger partial charge in [-0.2, -0.15) is 5.10 Å². The van der Waals surface area contributed by atoms with E-state index in [0.717, 1.165) is 35.6 Å². The van der Waals surface area contributed by atoms with E-state index in [4.69, 9.17) is 4.42 Å². The minimum Gasteiger partial charge on any atom is -0.467 e. The van der Waals surface area contributed by atoms with Crippen molar-refractivity contribution in [2.24, 2.45) is 7.05 Å². The number of carbonyl (C=O) groups is 1. The summed E-state index contributed by atoms with van der Waals surface area (Å²) in [5.41, 5.74) is 3.05. The van der Waals surface area contributed by atoms with Crippen LogP contribution < -0.4 is 0 Å². The summed E-state index contributed by atoms with van der Waals surface area (Å²) in [4.78, 5) is 14.6. The molecule has 112 valence electrons. The number of hydrogen-bond acceptors (Lipinski definition) is 3. The number of carbonyl (C=O) groups excluding carboxylic acids is 1. The molecule has 0 atom stereocenters. The summed E-state index contributed by atoms with van der Waals surface area (Å²) in [6.45, 7) is 4.54. The van der Waals surface area contributed by atoms with E-state index in [2.05, 4.69) is 5.10 Å². The number of furan rings is 1. The zero-order valence-corrected chi connectivity index (χ0v) is 12.8. The third-order valence-electron chi connectivity index (χ3n) is 4.20. The molecule has 0 bridgehead atoms. The third kappa shape index (κ3) is 2.86. The fraction of sp³-hybridized carbons (Fsp3) is 0.500. The first-order valence-corrected chi connectivity index (χ1v) is 7.37. The van der Waals surface area contributed by atoms with Crippen LogP contribution >= 0.6 is 0 Å². The highest BCUT2D eigenvalue weighted by Crippen LogP contribution is 2.29. The van der Waals surface area contributed by atoms with Crippen molar-refractivity contribution in [3.05, 3.63) is 41.1 Å². The van der Waals surface area contributed by atoms with Crippen LogP contribution in [0, 0.1) is 13.8 Å². The van der Waals surface area contributed by atoms with Crippen molar-refractivity contribution in [3.63, 3.8) is 0 Å². The van der Waals surface area contributed by atoms with Crippen molar-refractivity contribution in [1.29, 1.82) is 0 Å². The van der Waals surface area contributed by atoms with Gasteiger partial charge in [-0.15, -0.1) is 0 Å². The van der Waals surface area contributed by atoms with Crippen LogP contribution in [0.2, 0.25) is 0 Å². The second kappa shape index (κ2) is 5.39. The van der Waals surface area contributed by atoms with Crippen molar-refractivity contribution in [1.82, 2.24) is 14.7 Å². The molecule has 1 fully saturated rings. The van der Waals surface area contributed by atoms with Gasteiger partial charge in [-0.1, -0.05) is 0 Å². The van der Waals surface area contributed by atoms with Crippen LogP contribution in [-0.4, -0.2) is 26.6 Å². The van der Waals surface area contributed by atoms with E-state index in [1.807, 2.05) is 42.6 Å². The predicted octanol–water partition coefficient (Wildman–Crippen LogP) is 2.36. The largest absolute Gasteiger partial charge is 0.467 e. The Morgan fingerprint density at radius 1 is 1.48 bits per heavy atom.